The molecule has 0 unspecified atom stereocenters. The summed E-state index contributed by atoms with van der Waals surface area (Å²) in [6, 6.07) is 7.15. The van der Waals surface area contributed by atoms with E-state index in [2.05, 4.69) is 5.32 Å². The number of rotatable bonds is 9. The van der Waals surface area contributed by atoms with Crippen molar-refractivity contribution in [3.05, 3.63) is 47.5 Å². The van der Waals surface area contributed by atoms with Crippen molar-refractivity contribution < 1.29 is 19.2 Å². The first-order valence-electron chi connectivity index (χ1n) is 11.8. The Hall–Kier alpha value is -2.96. The summed E-state index contributed by atoms with van der Waals surface area (Å²) in [4.78, 5) is 54.3. The molecular weight excluding hydrogens is 418 g/mol. The van der Waals surface area contributed by atoms with Gasteiger partial charge in [-0.15, -0.1) is 0 Å². The Bertz CT molecular complexity index is 913. The van der Waals surface area contributed by atoms with Crippen LogP contribution >= 0.6 is 0 Å². The quantitative estimate of drug-likeness (QED) is 0.460. The molecule has 33 heavy (non-hydrogen) atoms. The molecule has 0 bridgehead atoms. The summed E-state index contributed by atoms with van der Waals surface area (Å²) in [5.74, 6) is -1.15. The fourth-order valence-corrected chi connectivity index (χ4v) is 4.48. The van der Waals surface area contributed by atoms with Gasteiger partial charge in [0.2, 0.25) is 23.6 Å². The normalized spacial score (nSPS) is 20.7. The Morgan fingerprint density at radius 3 is 2.30 bits per heavy atom. The van der Waals surface area contributed by atoms with E-state index in [0.717, 1.165) is 11.1 Å². The molecule has 1 heterocycles. The second-order valence-corrected chi connectivity index (χ2v) is 9.56. The number of hydrogen-bond donors (Lipinski definition) is 1. The van der Waals surface area contributed by atoms with Gasteiger partial charge in [0.15, 0.2) is 0 Å². The Morgan fingerprint density at radius 2 is 1.73 bits per heavy atom. The highest BCUT2D eigenvalue weighted by Crippen LogP contribution is 2.35. The van der Waals surface area contributed by atoms with E-state index in [4.69, 9.17) is 0 Å². The molecule has 1 fully saturated rings. The number of nitrogens with one attached hydrogen (secondary N) is 1. The molecule has 0 spiro atoms. The largest absolute Gasteiger partial charge is 0.354 e. The van der Waals surface area contributed by atoms with E-state index in [0.29, 0.717) is 25.3 Å². The van der Waals surface area contributed by atoms with Crippen LogP contribution in [0.5, 0.6) is 0 Å². The molecule has 0 aromatic heterocycles. The first-order valence-corrected chi connectivity index (χ1v) is 11.8. The van der Waals surface area contributed by atoms with Gasteiger partial charge >= 0.3 is 0 Å². The monoisotopic (exact) mass is 453 g/mol. The van der Waals surface area contributed by atoms with Gasteiger partial charge in [-0.2, -0.15) is 0 Å². The first-order chi connectivity index (χ1) is 15.7. The van der Waals surface area contributed by atoms with E-state index in [1.807, 2.05) is 57.2 Å². The van der Waals surface area contributed by atoms with Crippen LogP contribution in [0.3, 0.4) is 0 Å². The molecule has 4 amide bonds. The molecule has 1 saturated heterocycles. The lowest BCUT2D eigenvalue weighted by Crippen LogP contribution is -2.49. The number of carbonyl (C=O) groups is 4. The van der Waals surface area contributed by atoms with Crippen molar-refractivity contribution in [2.75, 3.05) is 13.1 Å². The van der Waals surface area contributed by atoms with Crippen LogP contribution < -0.4 is 5.32 Å². The average Bonchev–Trinajstić information content (AvgIpc) is 3.03. The lowest BCUT2D eigenvalue weighted by atomic mass is 9.85. The molecule has 1 aliphatic carbocycles. The molecule has 7 nitrogen and oxygen atoms in total. The highest BCUT2D eigenvalue weighted by Gasteiger charge is 2.47. The fourth-order valence-electron chi connectivity index (χ4n) is 4.48. The van der Waals surface area contributed by atoms with E-state index >= 15 is 0 Å². The topological polar surface area (TPSA) is 86.8 Å². The molecule has 0 saturated carbocycles. The zero-order valence-electron chi connectivity index (χ0n) is 20.0. The molecule has 2 aliphatic rings. The number of allylic oxidation sites excluding steroid dienone is 2. The number of nitrogens with zero attached hydrogens (tertiary/aromatic N) is 2. The van der Waals surface area contributed by atoms with E-state index < -0.39 is 6.04 Å². The van der Waals surface area contributed by atoms with Gasteiger partial charge in [0.25, 0.3) is 0 Å². The maximum absolute atomic E-state index is 13.3. The third-order valence-corrected chi connectivity index (χ3v) is 6.44. The number of carbonyl (C=O) groups excluding carboxylic acids is 4. The van der Waals surface area contributed by atoms with Crippen molar-refractivity contribution in [3.8, 4) is 0 Å². The van der Waals surface area contributed by atoms with Crippen LogP contribution in [0.4, 0.5) is 0 Å². The molecular formula is C26H35N3O4. The van der Waals surface area contributed by atoms with Gasteiger partial charge < -0.3 is 10.2 Å². The van der Waals surface area contributed by atoms with Crippen molar-refractivity contribution in [1.82, 2.24) is 15.1 Å². The minimum atomic E-state index is -0.673. The molecule has 0 radical (unpaired) electrons. The van der Waals surface area contributed by atoms with Gasteiger partial charge in [0.05, 0.1) is 11.8 Å². The second kappa shape index (κ2) is 10.8. The van der Waals surface area contributed by atoms with Gasteiger partial charge in [-0.3, -0.25) is 24.1 Å². The van der Waals surface area contributed by atoms with E-state index in [1.165, 1.54) is 4.90 Å². The van der Waals surface area contributed by atoms with Crippen LogP contribution in [0.15, 0.2) is 36.4 Å². The summed E-state index contributed by atoms with van der Waals surface area (Å²) < 4.78 is 0. The number of aryl methyl sites for hydroxylation is 1. The zero-order chi connectivity index (χ0) is 24.1. The Labute approximate surface area is 196 Å². The predicted octanol–water partition coefficient (Wildman–Crippen LogP) is 2.83. The first kappa shape index (κ1) is 24.7. The summed E-state index contributed by atoms with van der Waals surface area (Å²) in [5, 5.41) is 2.90. The SMILES string of the molecule is Cc1cccc(CN(C(=O)CCN2C(=O)[C@H]3CC=CC[C@H]3C2=O)[C@H](C)C(=O)NCC(C)C)c1. The number of benzene rings is 1. The van der Waals surface area contributed by atoms with Crippen LogP contribution in [-0.4, -0.2) is 52.6 Å². The number of likely N-dealkylation sites (tertiary alicyclic amines) is 1. The van der Waals surface area contributed by atoms with Gasteiger partial charge in [-0.05, 0) is 38.2 Å². The highest BCUT2D eigenvalue weighted by molar-refractivity contribution is 6.05. The Kier molecular flexibility index (Phi) is 8.06. The summed E-state index contributed by atoms with van der Waals surface area (Å²) in [6.07, 6.45) is 5.04. The molecule has 1 aliphatic heterocycles. The number of imide groups is 1. The van der Waals surface area contributed by atoms with E-state index in [-0.39, 0.29) is 55.0 Å². The van der Waals surface area contributed by atoms with Crippen molar-refractivity contribution in [2.45, 2.75) is 59.5 Å². The smallest absolute Gasteiger partial charge is 0.242 e. The van der Waals surface area contributed by atoms with Crippen molar-refractivity contribution >= 4 is 23.6 Å². The van der Waals surface area contributed by atoms with Crippen LogP contribution in [0, 0.1) is 24.7 Å². The summed E-state index contributed by atoms with van der Waals surface area (Å²) in [7, 11) is 0. The molecule has 178 valence electrons. The van der Waals surface area contributed by atoms with Crippen molar-refractivity contribution in [1.29, 1.82) is 0 Å². The van der Waals surface area contributed by atoms with Crippen LogP contribution in [0.2, 0.25) is 0 Å². The van der Waals surface area contributed by atoms with E-state index in [9.17, 15) is 19.2 Å². The summed E-state index contributed by atoms with van der Waals surface area (Å²) >= 11 is 0. The Morgan fingerprint density at radius 1 is 1.09 bits per heavy atom. The minimum Gasteiger partial charge on any atom is -0.354 e. The maximum atomic E-state index is 13.3. The molecule has 3 rings (SSSR count). The molecule has 1 aromatic carbocycles. The van der Waals surface area contributed by atoms with Crippen LogP contribution in [0.1, 0.15) is 51.2 Å². The summed E-state index contributed by atoms with van der Waals surface area (Å²) in [6.45, 7) is 8.59. The van der Waals surface area contributed by atoms with Crippen LogP contribution in [0.25, 0.3) is 0 Å². The number of fused-ring (bicyclic) bond motifs is 1. The molecule has 7 heteroatoms. The Balaban J connectivity index is 1.71. The minimum absolute atomic E-state index is 0.00202. The van der Waals surface area contributed by atoms with E-state index in [1.54, 1.807) is 11.8 Å². The second-order valence-electron chi connectivity index (χ2n) is 9.56. The zero-order valence-corrected chi connectivity index (χ0v) is 20.0. The van der Waals surface area contributed by atoms with Crippen molar-refractivity contribution in [3.63, 3.8) is 0 Å². The predicted molar refractivity (Wildman–Crippen MR) is 126 cm³/mol. The maximum Gasteiger partial charge on any atom is 0.242 e. The lowest BCUT2D eigenvalue weighted by Gasteiger charge is -2.29. The third-order valence-electron chi connectivity index (χ3n) is 6.44. The summed E-state index contributed by atoms with van der Waals surface area (Å²) in [5.41, 5.74) is 2.00. The fraction of sp³-hybridized carbons (Fsp3) is 0.538. The molecule has 1 N–H and O–H groups in total. The number of amides is 4. The molecule has 1 aromatic rings. The van der Waals surface area contributed by atoms with Gasteiger partial charge in [0, 0.05) is 26.1 Å². The van der Waals surface area contributed by atoms with Gasteiger partial charge in [-0.25, -0.2) is 0 Å². The van der Waals surface area contributed by atoms with Gasteiger partial charge in [0.1, 0.15) is 6.04 Å². The third kappa shape index (κ3) is 5.89. The van der Waals surface area contributed by atoms with Gasteiger partial charge in [-0.1, -0.05) is 55.8 Å². The van der Waals surface area contributed by atoms with Crippen molar-refractivity contribution in [2.24, 2.45) is 17.8 Å². The number of hydrogen-bond acceptors (Lipinski definition) is 4. The lowest BCUT2D eigenvalue weighted by molar-refractivity contribution is -0.143. The highest BCUT2D eigenvalue weighted by atomic mass is 16.2. The average molecular weight is 454 g/mol. The molecule has 3 atom stereocenters. The standard InChI is InChI=1S/C26H35N3O4/c1-17(2)15-27-24(31)19(4)29(16-20-9-7-8-18(3)14-20)23(30)12-13-28-25(32)21-10-5-6-11-22(21)26(28)33/h5-9,14,17,19,21-22H,10-13,15-16H2,1-4H3,(H,27,31)/t19-,21-,22+/m1/s1. The van der Waals surface area contributed by atoms with Crippen LogP contribution in [-0.2, 0) is 25.7 Å².